The van der Waals surface area contributed by atoms with Crippen LogP contribution in [-0.2, 0) is 10.3 Å². The van der Waals surface area contributed by atoms with Gasteiger partial charge in [-0.05, 0) is 25.3 Å². The molecule has 2 aromatic rings. The van der Waals surface area contributed by atoms with Crippen LogP contribution in [0, 0.1) is 17.1 Å². The van der Waals surface area contributed by atoms with Gasteiger partial charge in [0.1, 0.15) is 29.4 Å². The number of aromatic nitrogens is 2. The highest BCUT2D eigenvalue weighted by molar-refractivity contribution is 7.13. The summed E-state index contributed by atoms with van der Waals surface area (Å²) in [6, 6.07) is 3.29. The van der Waals surface area contributed by atoms with E-state index in [0.29, 0.717) is 4.88 Å². The molecular formula is C12H10FN3OS. The van der Waals surface area contributed by atoms with Gasteiger partial charge in [0.2, 0.25) is 0 Å². The highest BCUT2D eigenvalue weighted by atomic mass is 32.1. The van der Waals surface area contributed by atoms with Gasteiger partial charge in [0.25, 0.3) is 0 Å². The highest BCUT2D eigenvalue weighted by Gasteiger charge is 2.24. The van der Waals surface area contributed by atoms with E-state index in [4.69, 9.17) is 5.26 Å². The summed E-state index contributed by atoms with van der Waals surface area (Å²) in [6.07, 6.45) is 2.19. The second kappa shape index (κ2) is 4.35. The fourth-order valence-electron chi connectivity index (χ4n) is 1.44. The van der Waals surface area contributed by atoms with Crippen LogP contribution in [0.3, 0.4) is 0 Å². The molecule has 0 saturated heterocycles. The van der Waals surface area contributed by atoms with E-state index < -0.39 is 11.4 Å². The predicted molar refractivity (Wildman–Crippen MR) is 65.6 cm³/mol. The van der Waals surface area contributed by atoms with Gasteiger partial charge < -0.3 is 4.79 Å². The van der Waals surface area contributed by atoms with Crippen LogP contribution < -0.4 is 0 Å². The fourth-order valence-corrected chi connectivity index (χ4v) is 2.20. The van der Waals surface area contributed by atoms with Crippen molar-refractivity contribution >= 4 is 17.6 Å². The number of hydrogen-bond donors (Lipinski definition) is 0. The summed E-state index contributed by atoms with van der Waals surface area (Å²) >= 11 is 1.17. The average molecular weight is 263 g/mol. The Kier molecular flexibility index (Phi) is 3.01. The average Bonchev–Trinajstić information content (AvgIpc) is 2.94. The molecule has 0 radical (unpaired) electrons. The number of hydrogen-bond acceptors (Lipinski definition) is 4. The van der Waals surface area contributed by atoms with Crippen molar-refractivity contribution in [3.05, 3.63) is 29.0 Å². The van der Waals surface area contributed by atoms with Gasteiger partial charge in [-0.2, -0.15) is 10.4 Å². The summed E-state index contributed by atoms with van der Waals surface area (Å²) in [7, 11) is 0. The molecule has 0 spiro atoms. The van der Waals surface area contributed by atoms with Gasteiger partial charge in [0, 0.05) is 6.20 Å². The summed E-state index contributed by atoms with van der Waals surface area (Å²) < 4.78 is 14.9. The largest absolute Gasteiger partial charge is 0.301 e. The van der Waals surface area contributed by atoms with Crippen LogP contribution >= 0.6 is 11.3 Å². The normalized spacial score (nSPS) is 11.2. The number of rotatable bonds is 3. The van der Waals surface area contributed by atoms with Crippen molar-refractivity contribution in [2.24, 2.45) is 0 Å². The van der Waals surface area contributed by atoms with Crippen molar-refractivity contribution < 1.29 is 9.18 Å². The molecule has 0 N–H and O–H groups in total. The summed E-state index contributed by atoms with van der Waals surface area (Å²) in [4.78, 5) is 11.3. The second-order valence-corrected chi connectivity index (χ2v) is 5.23. The Balaban J connectivity index is 2.60. The fraction of sp³-hybridized carbons (Fsp3) is 0.250. The molecule has 0 aliphatic heterocycles. The number of halogens is 1. The lowest BCUT2D eigenvalue weighted by Gasteiger charge is -2.16. The van der Waals surface area contributed by atoms with Gasteiger partial charge >= 0.3 is 0 Å². The zero-order chi connectivity index (χ0) is 13.3. The van der Waals surface area contributed by atoms with Crippen LogP contribution in [0.5, 0.6) is 0 Å². The molecule has 0 aliphatic carbocycles. The SMILES string of the molecule is CC(C)(C=O)n1cc(C#N)c(-c2sccc2F)n1. The zero-order valence-electron chi connectivity index (χ0n) is 9.85. The summed E-state index contributed by atoms with van der Waals surface area (Å²) in [5, 5.41) is 14.8. The minimum Gasteiger partial charge on any atom is -0.301 e. The third-order valence-electron chi connectivity index (χ3n) is 2.55. The van der Waals surface area contributed by atoms with Crippen LogP contribution in [0.2, 0.25) is 0 Å². The lowest BCUT2D eigenvalue weighted by atomic mass is 10.1. The molecule has 18 heavy (non-hydrogen) atoms. The number of carbonyl (C=O) groups excluding carboxylic acids is 1. The molecule has 0 unspecified atom stereocenters. The van der Waals surface area contributed by atoms with Crippen molar-refractivity contribution in [1.82, 2.24) is 9.78 Å². The van der Waals surface area contributed by atoms with Crippen LogP contribution in [-0.4, -0.2) is 16.1 Å². The van der Waals surface area contributed by atoms with Crippen LogP contribution in [0.15, 0.2) is 17.6 Å². The first-order valence-electron chi connectivity index (χ1n) is 5.19. The predicted octanol–water partition coefficient (Wildman–Crippen LogP) is 2.56. The lowest BCUT2D eigenvalue weighted by Crippen LogP contribution is -2.28. The van der Waals surface area contributed by atoms with Crippen molar-refractivity contribution in [1.29, 1.82) is 5.26 Å². The smallest absolute Gasteiger partial charge is 0.147 e. The van der Waals surface area contributed by atoms with Crippen LogP contribution in [0.1, 0.15) is 19.4 Å². The molecule has 92 valence electrons. The highest BCUT2D eigenvalue weighted by Crippen LogP contribution is 2.30. The van der Waals surface area contributed by atoms with Crippen LogP contribution in [0.25, 0.3) is 10.6 Å². The quantitative estimate of drug-likeness (QED) is 0.800. The molecule has 6 heteroatoms. The molecule has 2 aromatic heterocycles. The topological polar surface area (TPSA) is 58.7 Å². The molecule has 0 bridgehead atoms. The molecule has 2 rings (SSSR count). The molecule has 0 fully saturated rings. The van der Waals surface area contributed by atoms with E-state index in [0.717, 1.165) is 6.29 Å². The maximum absolute atomic E-state index is 13.5. The Morgan fingerprint density at radius 3 is 2.83 bits per heavy atom. The van der Waals surface area contributed by atoms with E-state index in [2.05, 4.69) is 5.10 Å². The van der Waals surface area contributed by atoms with Crippen molar-refractivity contribution in [3.63, 3.8) is 0 Å². The van der Waals surface area contributed by atoms with Gasteiger partial charge in [0.05, 0.1) is 10.4 Å². The lowest BCUT2D eigenvalue weighted by molar-refractivity contribution is -0.114. The summed E-state index contributed by atoms with van der Waals surface area (Å²) in [5.74, 6) is -0.411. The Hall–Kier alpha value is -2.00. The van der Waals surface area contributed by atoms with E-state index in [1.807, 2.05) is 6.07 Å². The molecule has 0 atom stereocenters. The first kappa shape index (κ1) is 12.5. The minimum absolute atomic E-state index is 0.256. The molecule has 2 heterocycles. The molecule has 0 amide bonds. The number of aldehydes is 1. The number of nitrogens with zero attached hydrogens (tertiary/aromatic N) is 3. The monoisotopic (exact) mass is 263 g/mol. The van der Waals surface area contributed by atoms with Gasteiger partial charge in [-0.1, -0.05) is 0 Å². The van der Waals surface area contributed by atoms with E-state index in [1.54, 1.807) is 19.2 Å². The maximum Gasteiger partial charge on any atom is 0.147 e. The van der Waals surface area contributed by atoms with Crippen LogP contribution in [0.4, 0.5) is 4.39 Å². The minimum atomic E-state index is -0.864. The molecular weight excluding hydrogens is 253 g/mol. The van der Waals surface area contributed by atoms with E-state index >= 15 is 0 Å². The van der Waals surface area contributed by atoms with Gasteiger partial charge in [-0.3, -0.25) is 4.68 Å². The Labute approximate surface area is 107 Å². The first-order valence-corrected chi connectivity index (χ1v) is 6.07. The molecule has 0 aliphatic rings. The Morgan fingerprint density at radius 1 is 1.61 bits per heavy atom. The Bertz CT molecular complexity index is 636. The Morgan fingerprint density at radius 2 is 2.33 bits per heavy atom. The van der Waals surface area contributed by atoms with Crippen molar-refractivity contribution in [3.8, 4) is 16.6 Å². The summed E-state index contributed by atoms with van der Waals surface area (Å²) in [5.41, 5.74) is -0.330. The van der Waals surface area contributed by atoms with E-state index in [1.165, 1.54) is 28.3 Å². The standard InChI is InChI=1S/C12H10FN3OS/c1-12(2,7-17)16-6-8(5-14)10(15-16)11-9(13)3-4-18-11/h3-4,6-7H,1-2H3. The van der Waals surface area contributed by atoms with Gasteiger partial charge in [0.15, 0.2) is 0 Å². The third-order valence-corrected chi connectivity index (χ3v) is 3.44. The number of thiophene rings is 1. The molecule has 0 saturated carbocycles. The van der Waals surface area contributed by atoms with Crippen molar-refractivity contribution in [2.45, 2.75) is 19.4 Å². The molecule has 4 nitrogen and oxygen atoms in total. The number of carbonyl (C=O) groups is 1. The third kappa shape index (κ3) is 1.93. The van der Waals surface area contributed by atoms with E-state index in [9.17, 15) is 9.18 Å². The first-order chi connectivity index (χ1) is 8.49. The number of nitriles is 1. The van der Waals surface area contributed by atoms with Gasteiger partial charge in [-0.25, -0.2) is 4.39 Å². The summed E-state index contributed by atoms with van der Waals surface area (Å²) in [6.45, 7) is 3.34. The second-order valence-electron chi connectivity index (χ2n) is 4.32. The van der Waals surface area contributed by atoms with Gasteiger partial charge in [-0.15, -0.1) is 11.3 Å². The van der Waals surface area contributed by atoms with E-state index in [-0.39, 0.29) is 11.3 Å². The molecule has 0 aromatic carbocycles. The van der Waals surface area contributed by atoms with Crippen molar-refractivity contribution in [2.75, 3.05) is 0 Å². The maximum atomic E-state index is 13.5. The zero-order valence-corrected chi connectivity index (χ0v) is 10.7.